The Balaban J connectivity index is 1.84. The molecule has 0 aromatic heterocycles. The molecule has 35 heavy (non-hydrogen) atoms. The number of hydrogen-bond acceptors (Lipinski definition) is 7. The zero-order valence-electron chi connectivity index (χ0n) is 19.3. The van der Waals surface area contributed by atoms with Crippen LogP contribution < -0.4 is 23.9 Å². The first-order valence-corrected chi connectivity index (χ1v) is 12.1. The van der Waals surface area contributed by atoms with Crippen LogP contribution in [0.15, 0.2) is 76.7 Å². The van der Waals surface area contributed by atoms with Crippen LogP contribution in [0.3, 0.4) is 0 Å². The van der Waals surface area contributed by atoms with Crippen LogP contribution >= 0.6 is 11.6 Å². The molecule has 0 atom stereocenters. The topological polar surface area (TPSA) is 107 Å². The van der Waals surface area contributed by atoms with E-state index >= 15 is 0 Å². The summed E-state index contributed by atoms with van der Waals surface area (Å²) in [4.78, 5) is 12.7. The minimum Gasteiger partial charge on any atom is -0.495 e. The lowest BCUT2D eigenvalue weighted by atomic mass is 10.2. The van der Waals surface area contributed by atoms with Gasteiger partial charge < -0.3 is 14.2 Å². The number of methoxy groups -OCH3 is 3. The van der Waals surface area contributed by atoms with E-state index in [1.807, 2.05) is 0 Å². The molecule has 11 heteroatoms. The van der Waals surface area contributed by atoms with Crippen molar-refractivity contribution in [3.05, 3.63) is 77.3 Å². The first-order valence-electron chi connectivity index (χ1n) is 10.3. The van der Waals surface area contributed by atoms with Crippen molar-refractivity contribution in [2.24, 2.45) is 5.10 Å². The van der Waals surface area contributed by atoms with Gasteiger partial charge in [0, 0.05) is 0 Å². The van der Waals surface area contributed by atoms with Crippen LogP contribution in [0.1, 0.15) is 5.56 Å². The maximum atomic E-state index is 13.4. The van der Waals surface area contributed by atoms with Gasteiger partial charge >= 0.3 is 0 Å². The first kappa shape index (κ1) is 25.9. The van der Waals surface area contributed by atoms with Gasteiger partial charge in [-0.05, 0) is 54.1 Å². The molecule has 0 aliphatic rings. The average molecular weight is 518 g/mol. The van der Waals surface area contributed by atoms with Gasteiger partial charge in [0.1, 0.15) is 12.3 Å². The molecule has 3 aromatic rings. The number of hydrazone groups is 1. The van der Waals surface area contributed by atoms with E-state index in [0.29, 0.717) is 22.8 Å². The van der Waals surface area contributed by atoms with Gasteiger partial charge in [-0.1, -0.05) is 29.8 Å². The molecule has 9 nitrogen and oxygen atoms in total. The molecule has 0 spiro atoms. The molecule has 1 N–H and O–H groups in total. The van der Waals surface area contributed by atoms with Gasteiger partial charge in [-0.15, -0.1) is 0 Å². The number of hydrogen-bond donors (Lipinski definition) is 1. The van der Waals surface area contributed by atoms with Crippen molar-refractivity contribution < 1.29 is 27.4 Å². The van der Waals surface area contributed by atoms with E-state index in [9.17, 15) is 13.2 Å². The third-order valence-electron chi connectivity index (χ3n) is 4.85. The number of rotatable bonds is 10. The summed E-state index contributed by atoms with van der Waals surface area (Å²) < 4.78 is 43.3. The fourth-order valence-corrected chi connectivity index (χ4v) is 4.81. The molecular weight excluding hydrogens is 494 g/mol. The highest BCUT2D eigenvalue weighted by molar-refractivity contribution is 7.92. The fourth-order valence-electron chi connectivity index (χ4n) is 3.12. The zero-order valence-corrected chi connectivity index (χ0v) is 20.8. The number of amides is 1. The molecule has 0 aliphatic heterocycles. The SMILES string of the molecule is COc1ccc(N(CC(=O)NN=Cc2ccc(OC)c(OC)c2)S(=O)(=O)c2ccccc2)cc1Cl. The van der Waals surface area contributed by atoms with Gasteiger partial charge in [-0.25, -0.2) is 13.8 Å². The van der Waals surface area contributed by atoms with Crippen LogP contribution in [-0.4, -0.2) is 48.4 Å². The summed E-state index contributed by atoms with van der Waals surface area (Å²) >= 11 is 6.21. The lowest BCUT2D eigenvalue weighted by Crippen LogP contribution is -2.39. The molecule has 0 saturated heterocycles. The van der Waals surface area contributed by atoms with E-state index in [2.05, 4.69) is 10.5 Å². The van der Waals surface area contributed by atoms with Gasteiger partial charge in [0.2, 0.25) is 0 Å². The molecule has 0 fully saturated rings. The van der Waals surface area contributed by atoms with Crippen LogP contribution in [0.4, 0.5) is 5.69 Å². The number of ether oxygens (including phenoxy) is 3. The van der Waals surface area contributed by atoms with Crippen LogP contribution in [0, 0.1) is 0 Å². The van der Waals surface area contributed by atoms with Crippen LogP contribution in [0.5, 0.6) is 17.2 Å². The number of anilines is 1. The van der Waals surface area contributed by atoms with E-state index in [0.717, 1.165) is 4.31 Å². The molecule has 0 saturated carbocycles. The van der Waals surface area contributed by atoms with Gasteiger partial charge in [0.05, 0.1) is 43.1 Å². The smallest absolute Gasteiger partial charge is 0.264 e. The monoisotopic (exact) mass is 517 g/mol. The highest BCUT2D eigenvalue weighted by atomic mass is 35.5. The number of halogens is 1. The maximum absolute atomic E-state index is 13.4. The molecule has 184 valence electrons. The van der Waals surface area contributed by atoms with Crippen LogP contribution in [0.2, 0.25) is 5.02 Å². The third kappa shape index (κ3) is 6.23. The second kappa shape index (κ2) is 11.6. The Morgan fingerprint density at radius 1 is 0.943 bits per heavy atom. The van der Waals surface area contributed by atoms with Crippen molar-refractivity contribution in [3.8, 4) is 17.2 Å². The average Bonchev–Trinajstić information content (AvgIpc) is 2.87. The van der Waals surface area contributed by atoms with Gasteiger partial charge in [0.15, 0.2) is 11.5 Å². The van der Waals surface area contributed by atoms with E-state index in [1.165, 1.54) is 57.9 Å². The number of carbonyl (C=O) groups excluding carboxylic acids is 1. The van der Waals surface area contributed by atoms with Crippen LogP contribution in [0.25, 0.3) is 0 Å². The maximum Gasteiger partial charge on any atom is 0.264 e. The molecule has 0 bridgehead atoms. The van der Waals surface area contributed by atoms with Gasteiger partial charge in [-0.3, -0.25) is 9.10 Å². The van der Waals surface area contributed by atoms with Crippen molar-refractivity contribution in [1.82, 2.24) is 5.43 Å². The molecule has 0 radical (unpaired) electrons. The summed E-state index contributed by atoms with van der Waals surface area (Å²) in [5.41, 5.74) is 3.18. The molecule has 3 rings (SSSR count). The number of sulfonamides is 1. The summed E-state index contributed by atoms with van der Waals surface area (Å²) in [6, 6.07) is 17.3. The van der Waals surface area contributed by atoms with Crippen LogP contribution in [-0.2, 0) is 14.8 Å². The zero-order chi connectivity index (χ0) is 25.4. The quantitative estimate of drug-likeness (QED) is 0.324. The number of carbonyl (C=O) groups is 1. The summed E-state index contributed by atoms with van der Waals surface area (Å²) in [6.45, 7) is -0.539. The Labute approximate surface area is 208 Å². The Morgan fingerprint density at radius 2 is 1.60 bits per heavy atom. The van der Waals surface area contributed by atoms with E-state index < -0.39 is 22.5 Å². The molecule has 0 aliphatic carbocycles. The standard InChI is InChI=1S/C24H24ClN3O6S/c1-32-21-12-10-18(14-20(21)25)28(35(30,31)19-7-5-4-6-8-19)16-24(29)27-26-15-17-9-11-22(33-2)23(13-17)34-3/h4-15H,16H2,1-3H3,(H,27,29). The third-order valence-corrected chi connectivity index (χ3v) is 6.94. The van der Waals surface area contributed by atoms with Gasteiger partial charge in [0.25, 0.3) is 15.9 Å². The highest BCUT2D eigenvalue weighted by Gasteiger charge is 2.27. The molecule has 0 unspecified atom stereocenters. The largest absolute Gasteiger partial charge is 0.495 e. The normalized spacial score (nSPS) is 11.2. The lowest BCUT2D eigenvalue weighted by molar-refractivity contribution is -0.119. The minimum atomic E-state index is -4.09. The molecular formula is C24H24ClN3O6S. The van der Waals surface area contributed by atoms with E-state index in [4.69, 9.17) is 25.8 Å². The summed E-state index contributed by atoms with van der Waals surface area (Å²) in [6.07, 6.45) is 1.40. The minimum absolute atomic E-state index is 0.0218. The lowest BCUT2D eigenvalue weighted by Gasteiger charge is -2.24. The molecule has 0 heterocycles. The molecule has 1 amide bonds. The van der Waals surface area contributed by atoms with Crippen molar-refractivity contribution in [3.63, 3.8) is 0 Å². The Morgan fingerprint density at radius 3 is 2.23 bits per heavy atom. The summed E-state index contributed by atoms with van der Waals surface area (Å²) in [7, 11) is 0.392. The van der Waals surface area contributed by atoms with Crippen molar-refractivity contribution in [2.45, 2.75) is 4.90 Å². The highest BCUT2D eigenvalue weighted by Crippen LogP contribution is 2.32. The van der Waals surface area contributed by atoms with E-state index in [-0.39, 0.29) is 15.6 Å². The number of nitrogens with zero attached hydrogens (tertiary/aromatic N) is 2. The Bertz CT molecular complexity index is 1320. The Kier molecular flexibility index (Phi) is 8.56. The fraction of sp³-hybridized carbons (Fsp3) is 0.167. The summed E-state index contributed by atoms with van der Waals surface area (Å²) in [5, 5.41) is 4.13. The first-order chi connectivity index (χ1) is 16.8. The Hall–Kier alpha value is -3.76. The van der Waals surface area contributed by atoms with Crippen molar-refractivity contribution in [1.29, 1.82) is 0 Å². The van der Waals surface area contributed by atoms with Crippen molar-refractivity contribution in [2.75, 3.05) is 32.2 Å². The van der Waals surface area contributed by atoms with E-state index in [1.54, 1.807) is 36.4 Å². The predicted molar refractivity (Wildman–Crippen MR) is 134 cm³/mol. The number of benzene rings is 3. The van der Waals surface area contributed by atoms with Crippen molar-refractivity contribution >= 4 is 39.4 Å². The van der Waals surface area contributed by atoms with Gasteiger partial charge in [-0.2, -0.15) is 5.10 Å². The summed E-state index contributed by atoms with van der Waals surface area (Å²) in [5.74, 6) is 0.762. The predicted octanol–water partition coefficient (Wildman–Crippen LogP) is 3.71. The molecule has 3 aromatic carbocycles. The second-order valence-corrected chi connectivity index (χ2v) is 9.32. The second-order valence-electron chi connectivity index (χ2n) is 7.05. The number of nitrogens with one attached hydrogen (secondary N) is 1.